The zero-order valence-corrected chi connectivity index (χ0v) is 11.0. The molecular formula is C15H13N3O3. The summed E-state index contributed by atoms with van der Waals surface area (Å²) in [6.07, 6.45) is 1.86. The molecule has 3 rings (SSSR count). The number of hydrogen-bond donors (Lipinski definition) is 3. The van der Waals surface area contributed by atoms with E-state index in [0.717, 1.165) is 22.5 Å². The number of para-hydroxylation sites is 1. The van der Waals surface area contributed by atoms with Gasteiger partial charge in [-0.15, -0.1) is 0 Å². The largest absolute Gasteiger partial charge is 0.508 e. The summed E-state index contributed by atoms with van der Waals surface area (Å²) in [5.74, 6) is -0.126. The van der Waals surface area contributed by atoms with Crippen LogP contribution in [0.3, 0.4) is 0 Å². The molecule has 3 N–H and O–H groups in total. The third kappa shape index (κ3) is 2.51. The predicted octanol–water partition coefficient (Wildman–Crippen LogP) is 3.39. The van der Waals surface area contributed by atoms with E-state index >= 15 is 0 Å². The average molecular weight is 283 g/mol. The summed E-state index contributed by atoms with van der Waals surface area (Å²) in [6.45, 7) is 0.448. The van der Waals surface area contributed by atoms with E-state index in [1.807, 2.05) is 30.5 Å². The second-order valence-corrected chi connectivity index (χ2v) is 4.67. The third-order valence-electron chi connectivity index (χ3n) is 3.32. The second-order valence-electron chi connectivity index (χ2n) is 4.67. The van der Waals surface area contributed by atoms with Gasteiger partial charge in [-0.25, -0.2) is 0 Å². The first-order valence-corrected chi connectivity index (χ1v) is 6.41. The van der Waals surface area contributed by atoms with Gasteiger partial charge in [0.25, 0.3) is 5.69 Å². The molecule has 0 aliphatic rings. The number of phenolic OH excluding ortho intramolecular Hbond substituents is 1. The molecule has 6 heteroatoms. The molecule has 0 aliphatic carbocycles. The Morgan fingerprint density at radius 3 is 2.90 bits per heavy atom. The van der Waals surface area contributed by atoms with E-state index < -0.39 is 4.92 Å². The molecule has 21 heavy (non-hydrogen) atoms. The summed E-state index contributed by atoms with van der Waals surface area (Å²) >= 11 is 0. The molecule has 3 aromatic rings. The number of aromatic amines is 1. The summed E-state index contributed by atoms with van der Waals surface area (Å²) in [6, 6.07) is 11.9. The molecule has 2 aromatic carbocycles. The number of benzene rings is 2. The van der Waals surface area contributed by atoms with E-state index in [4.69, 9.17) is 0 Å². The number of nitro benzene ring substituents is 1. The van der Waals surface area contributed by atoms with Gasteiger partial charge in [0.15, 0.2) is 0 Å². The van der Waals surface area contributed by atoms with Crippen LogP contribution in [-0.4, -0.2) is 15.0 Å². The lowest BCUT2D eigenvalue weighted by molar-refractivity contribution is -0.384. The van der Waals surface area contributed by atoms with Crippen molar-refractivity contribution in [3.05, 3.63) is 64.3 Å². The molecule has 0 saturated heterocycles. The van der Waals surface area contributed by atoms with E-state index in [-0.39, 0.29) is 11.4 Å². The third-order valence-corrected chi connectivity index (χ3v) is 3.32. The number of fused-ring (bicyclic) bond motifs is 1. The van der Waals surface area contributed by atoms with Crippen LogP contribution in [0.4, 0.5) is 11.4 Å². The van der Waals surface area contributed by atoms with Crippen molar-refractivity contribution in [2.75, 3.05) is 5.32 Å². The van der Waals surface area contributed by atoms with Crippen molar-refractivity contribution in [2.24, 2.45) is 0 Å². The maximum Gasteiger partial charge on any atom is 0.296 e. The fraction of sp³-hybridized carbons (Fsp3) is 0.0667. The molecule has 0 aliphatic heterocycles. The first-order chi connectivity index (χ1) is 10.1. The molecular weight excluding hydrogens is 270 g/mol. The normalized spacial score (nSPS) is 10.7. The van der Waals surface area contributed by atoms with Crippen molar-refractivity contribution < 1.29 is 10.0 Å². The summed E-state index contributed by atoms with van der Waals surface area (Å²) in [5, 5.41) is 24.5. The van der Waals surface area contributed by atoms with E-state index in [2.05, 4.69) is 10.3 Å². The number of nitrogens with one attached hydrogen (secondary N) is 2. The summed E-state index contributed by atoms with van der Waals surface area (Å²) in [7, 11) is 0. The van der Waals surface area contributed by atoms with Gasteiger partial charge in [-0.2, -0.15) is 0 Å². The number of anilines is 1. The standard InChI is InChI=1S/C15H13N3O3/c19-12-4-5-13(14(8-12)18(20)21)17-9-11-3-1-2-10-6-7-16-15(10)11/h1-8,16-17,19H,9H2. The lowest BCUT2D eigenvalue weighted by Crippen LogP contribution is -2.03. The minimum Gasteiger partial charge on any atom is -0.508 e. The zero-order valence-electron chi connectivity index (χ0n) is 11.0. The van der Waals surface area contributed by atoms with Gasteiger partial charge in [-0.3, -0.25) is 10.1 Å². The second kappa shape index (κ2) is 5.16. The van der Waals surface area contributed by atoms with Gasteiger partial charge in [0.05, 0.1) is 16.5 Å². The SMILES string of the molecule is O=[N+]([O-])c1cc(O)ccc1NCc1cccc2cc[nH]c12. The van der Waals surface area contributed by atoms with Crippen LogP contribution in [0, 0.1) is 10.1 Å². The lowest BCUT2D eigenvalue weighted by atomic mass is 10.1. The number of rotatable bonds is 4. The molecule has 106 valence electrons. The fourth-order valence-corrected chi connectivity index (χ4v) is 2.31. The van der Waals surface area contributed by atoms with Crippen LogP contribution < -0.4 is 5.32 Å². The Bertz CT molecular complexity index is 811. The number of aromatic nitrogens is 1. The highest BCUT2D eigenvalue weighted by molar-refractivity contribution is 5.82. The van der Waals surface area contributed by atoms with Crippen LogP contribution in [0.2, 0.25) is 0 Å². The van der Waals surface area contributed by atoms with Crippen LogP contribution in [-0.2, 0) is 6.54 Å². The molecule has 0 radical (unpaired) electrons. The first-order valence-electron chi connectivity index (χ1n) is 6.41. The number of hydrogen-bond acceptors (Lipinski definition) is 4. The molecule has 0 atom stereocenters. The van der Waals surface area contributed by atoms with E-state index in [1.54, 1.807) is 0 Å². The molecule has 0 fully saturated rings. The molecule has 1 aromatic heterocycles. The minimum atomic E-state index is -0.517. The van der Waals surface area contributed by atoms with E-state index in [0.29, 0.717) is 12.2 Å². The molecule has 0 unspecified atom stereocenters. The van der Waals surface area contributed by atoms with Crippen molar-refractivity contribution >= 4 is 22.3 Å². The Morgan fingerprint density at radius 2 is 2.10 bits per heavy atom. The molecule has 6 nitrogen and oxygen atoms in total. The number of nitro groups is 1. The summed E-state index contributed by atoms with van der Waals surface area (Å²) < 4.78 is 0. The number of H-pyrrole nitrogens is 1. The molecule has 0 saturated carbocycles. The van der Waals surface area contributed by atoms with Gasteiger partial charge < -0.3 is 15.4 Å². The maximum absolute atomic E-state index is 11.0. The summed E-state index contributed by atoms with van der Waals surface area (Å²) in [5.41, 5.74) is 2.25. The van der Waals surface area contributed by atoms with Gasteiger partial charge in [0, 0.05) is 12.7 Å². The fourth-order valence-electron chi connectivity index (χ4n) is 2.31. The minimum absolute atomic E-state index is 0.126. The van der Waals surface area contributed by atoms with Crippen LogP contribution in [0.5, 0.6) is 5.75 Å². The van der Waals surface area contributed by atoms with Crippen LogP contribution >= 0.6 is 0 Å². The maximum atomic E-state index is 11.0. The molecule has 1 heterocycles. The number of aromatic hydroxyl groups is 1. The van der Waals surface area contributed by atoms with Crippen LogP contribution in [0.1, 0.15) is 5.56 Å². The Balaban J connectivity index is 1.88. The average Bonchev–Trinajstić information content (AvgIpc) is 2.94. The zero-order chi connectivity index (χ0) is 14.8. The molecule has 0 bridgehead atoms. The Morgan fingerprint density at radius 1 is 1.24 bits per heavy atom. The van der Waals surface area contributed by atoms with Gasteiger partial charge in [-0.05, 0) is 29.1 Å². The van der Waals surface area contributed by atoms with Gasteiger partial charge >= 0.3 is 0 Å². The smallest absolute Gasteiger partial charge is 0.296 e. The number of nitrogens with zero attached hydrogens (tertiary/aromatic N) is 1. The lowest BCUT2D eigenvalue weighted by Gasteiger charge is -2.08. The summed E-state index contributed by atoms with van der Waals surface area (Å²) in [4.78, 5) is 13.6. The highest BCUT2D eigenvalue weighted by atomic mass is 16.6. The van der Waals surface area contributed by atoms with Gasteiger partial charge in [0.2, 0.25) is 0 Å². The number of phenols is 1. The molecule has 0 amide bonds. The van der Waals surface area contributed by atoms with Crippen LogP contribution in [0.25, 0.3) is 10.9 Å². The van der Waals surface area contributed by atoms with Crippen molar-refractivity contribution in [1.29, 1.82) is 0 Å². The Hall–Kier alpha value is -3.02. The monoisotopic (exact) mass is 283 g/mol. The van der Waals surface area contributed by atoms with E-state index in [1.165, 1.54) is 12.1 Å². The molecule has 0 spiro atoms. The predicted molar refractivity (Wildman–Crippen MR) is 80.4 cm³/mol. The highest BCUT2D eigenvalue weighted by Crippen LogP contribution is 2.29. The van der Waals surface area contributed by atoms with Crippen molar-refractivity contribution in [1.82, 2.24) is 4.98 Å². The quantitative estimate of drug-likeness (QED) is 0.389. The van der Waals surface area contributed by atoms with Crippen molar-refractivity contribution in [3.63, 3.8) is 0 Å². The van der Waals surface area contributed by atoms with Crippen molar-refractivity contribution in [3.8, 4) is 5.75 Å². The Labute approximate surface area is 120 Å². The van der Waals surface area contributed by atoms with E-state index in [9.17, 15) is 15.2 Å². The van der Waals surface area contributed by atoms with Gasteiger partial charge in [-0.1, -0.05) is 18.2 Å². The Kier molecular flexibility index (Phi) is 3.19. The first kappa shape index (κ1) is 13.0. The van der Waals surface area contributed by atoms with Gasteiger partial charge in [0.1, 0.15) is 11.4 Å². The highest BCUT2D eigenvalue weighted by Gasteiger charge is 2.14. The van der Waals surface area contributed by atoms with Crippen LogP contribution in [0.15, 0.2) is 48.7 Å². The van der Waals surface area contributed by atoms with Crippen molar-refractivity contribution in [2.45, 2.75) is 6.54 Å². The topological polar surface area (TPSA) is 91.2 Å².